The van der Waals surface area contributed by atoms with E-state index < -0.39 is 0 Å². The molecule has 2 aromatic heterocycles. The molecule has 25 heavy (non-hydrogen) atoms. The number of benzene rings is 1. The molecular weight excluding hydrogens is 317 g/mol. The second-order valence-electron chi connectivity index (χ2n) is 6.20. The summed E-state index contributed by atoms with van der Waals surface area (Å²) in [5.74, 6) is 0.191. The monoisotopic (exact) mass is 337 g/mol. The van der Waals surface area contributed by atoms with Crippen LogP contribution >= 0.6 is 0 Å². The van der Waals surface area contributed by atoms with Gasteiger partial charge in [-0.3, -0.25) is 0 Å². The van der Waals surface area contributed by atoms with Crippen LogP contribution in [0.1, 0.15) is 12.0 Å². The van der Waals surface area contributed by atoms with Gasteiger partial charge in [0.25, 0.3) is 0 Å². The number of hydrogen-bond acceptors (Lipinski definition) is 4. The third-order valence-corrected chi connectivity index (χ3v) is 4.55. The molecule has 1 saturated heterocycles. The standard InChI is InChI=1S/C19H20FN5/c20-17-6-3-9-21-19(17)24-12-8-16(14-24)22-13-15-5-1-2-7-18(15)25-11-4-10-23-25/h1-7,9-11,16,22H,8,12-14H2/t16-/m1/s1. The zero-order chi connectivity index (χ0) is 17.1. The highest BCUT2D eigenvalue weighted by atomic mass is 19.1. The van der Waals surface area contributed by atoms with Gasteiger partial charge in [0.05, 0.1) is 5.69 Å². The minimum atomic E-state index is -0.257. The van der Waals surface area contributed by atoms with Crippen LogP contribution in [-0.2, 0) is 6.54 Å². The van der Waals surface area contributed by atoms with Gasteiger partial charge in [0.15, 0.2) is 11.6 Å². The second-order valence-corrected chi connectivity index (χ2v) is 6.20. The lowest BCUT2D eigenvalue weighted by atomic mass is 10.1. The maximum Gasteiger partial charge on any atom is 0.165 e. The Morgan fingerprint density at radius 2 is 2.04 bits per heavy atom. The van der Waals surface area contributed by atoms with E-state index in [1.807, 2.05) is 34.0 Å². The first-order valence-corrected chi connectivity index (χ1v) is 8.48. The summed E-state index contributed by atoms with van der Waals surface area (Å²) in [5, 5.41) is 7.91. The van der Waals surface area contributed by atoms with E-state index in [0.717, 1.165) is 31.7 Å². The Bertz CT molecular complexity index is 833. The van der Waals surface area contributed by atoms with Crippen molar-refractivity contribution in [2.24, 2.45) is 0 Å². The van der Waals surface area contributed by atoms with E-state index in [1.54, 1.807) is 18.5 Å². The van der Waals surface area contributed by atoms with E-state index >= 15 is 0 Å². The summed E-state index contributed by atoms with van der Waals surface area (Å²) < 4.78 is 15.8. The molecule has 1 N–H and O–H groups in total. The average Bonchev–Trinajstić information content (AvgIpc) is 3.33. The minimum Gasteiger partial charge on any atom is -0.353 e. The molecule has 0 aliphatic carbocycles. The second kappa shape index (κ2) is 7.03. The summed E-state index contributed by atoms with van der Waals surface area (Å²) in [6, 6.07) is 13.5. The molecule has 5 nitrogen and oxygen atoms in total. The maximum absolute atomic E-state index is 13.9. The zero-order valence-corrected chi connectivity index (χ0v) is 13.8. The van der Waals surface area contributed by atoms with Crippen molar-refractivity contribution in [3.63, 3.8) is 0 Å². The van der Waals surface area contributed by atoms with Gasteiger partial charge in [-0.05, 0) is 36.2 Å². The Hall–Kier alpha value is -2.73. The normalized spacial score (nSPS) is 17.2. The molecule has 1 aliphatic heterocycles. The molecule has 1 fully saturated rings. The summed E-state index contributed by atoms with van der Waals surface area (Å²) in [7, 11) is 0. The highest BCUT2D eigenvalue weighted by molar-refractivity contribution is 5.42. The number of rotatable bonds is 5. The lowest BCUT2D eigenvalue weighted by Crippen LogP contribution is -2.32. The van der Waals surface area contributed by atoms with E-state index in [-0.39, 0.29) is 5.82 Å². The first kappa shape index (κ1) is 15.8. The molecule has 0 unspecified atom stereocenters. The molecule has 1 atom stereocenters. The Kier molecular flexibility index (Phi) is 4.43. The van der Waals surface area contributed by atoms with Crippen molar-refractivity contribution in [2.75, 3.05) is 18.0 Å². The summed E-state index contributed by atoms with van der Waals surface area (Å²) >= 11 is 0. The fourth-order valence-corrected chi connectivity index (χ4v) is 3.28. The Morgan fingerprint density at radius 3 is 2.88 bits per heavy atom. The fraction of sp³-hybridized carbons (Fsp3) is 0.263. The molecule has 4 rings (SSSR count). The van der Waals surface area contributed by atoms with E-state index in [1.165, 1.54) is 11.6 Å². The average molecular weight is 337 g/mol. The summed E-state index contributed by atoms with van der Waals surface area (Å²) in [6.45, 7) is 2.32. The molecule has 0 radical (unpaired) electrons. The Balaban J connectivity index is 1.41. The maximum atomic E-state index is 13.9. The lowest BCUT2D eigenvalue weighted by molar-refractivity contribution is 0.548. The van der Waals surface area contributed by atoms with Crippen molar-refractivity contribution in [2.45, 2.75) is 19.0 Å². The molecule has 3 heterocycles. The van der Waals surface area contributed by atoms with Crippen molar-refractivity contribution >= 4 is 5.82 Å². The van der Waals surface area contributed by atoms with E-state index in [9.17, 15) is 4.39 Å². The van der Waals surface area contributed by atoms with Gasteiger partial charge in [0.1, 0.15) is 0 Å². The zero-order valence-electron chi connectivity index (χ0n) is 13.8. The molecule has 3 aromatic rings. The summed E-state index contributed by atoms with van der Waals surface area (Å²) in [6.07, 6.45) is 6.33. The van der Waals surface area contributed by atoms with Crippen molar-refractivity contribution in [3.05, 3.63) is 72.4 Å². The number of aromatic nitrogens is 3. The first-order valence-electron chi connectivity index (χ1n) is 8.48. The quantitative estimate of drug-likeness (QED) is 0.778. The van der Waals surface area contributed by atoms with Crippen LogP contribution in [0.2, 0.25) is 0 Å². The molecule has 0 bridgehead atoms. The third-order valence-electron chi connectivity index (χ3n) is 4.55. The number of pyridine rings is 1. The summed E-state index contributed by atoms with van der Waals surface area (Å²) in [5.41, 5.74) is 2.26. The van der Waals surface area contributed by atoms with Crippen molar-refractivity contribution < 1.29 is 4.39 Å². The van der Waals surface area contributed by atoms with Crippen molar-refractivity contribution in [1.29, 1.82) is 0 Å². The first-order chi connectivity index (χ1) is 12.3. The molecule has 1 aliphatic rings. The fourth-order valence-electron chi connectivity index (χ4n) is 3.28. The van der Waals surface area contributed by atoms with Gasteiger partial charge >= 0.3 is 0 Å². The van der Waals surface area contributed by atoms with Crippen LogP contribution in [0, 0.1) is 5.82 Å². The summed E-state index contributed by atoms with van der Waals surface area (Å²) in [4.78, 5) is 6.18. The largest absolute Gasteiger partial charge is 0.353 e. The minimum absolute atomic E-state index is 0.257. The molecule has 128 valence electrons. The van der Waals surface area contributed by atoms with E-state index in [0.29, 0.717) is 11.9 Å². The Morgan fingerprint density at radius 1 is 1.12 bits per heavy atom. The number of nitrogens with zero attached hydrogens (tertiary/aromatic N) is 4. The van der Waals surface area contributed by atoms with Crippen LogP contribution in [0.4, 0.5) is 10.2 Å². The molecular formula is C19H20FN5. The highest BCUT2D eigenvalue weighted by Gasteiger charge is 2.25. The van der Waals surface area contributed by atoms with Crippen LogP contribution in [0.25, 0.3) is 5.69 Å². The number of hydrogen-bond donors (Lipinski definition) is 1. The van der Waals surface area contributed by atoms with Gasteiger partial charge < -0.3 is 10.2 Å². The topological polar surface area (TPSA) is 46.0 Å². The van der Waals surface area contributed by atoms with Gasteiger partial charge in [0, 0.05) is 44.3 Å². The Labute approximate surface area is 146 Å². The predicted octanol–water partition coefficient (Wildman–Crippen LogP) is 2.77. The third kappa shape index (κ3) is 3.39. The molecule has 0 amide bonds. The number of anilines is 1. The molecule has 6 heteroatoms. The van der Waals surface area contributed by atoms with E-state index in [4.69, 9.17) is 0 Å². The SMILES string of the molecule is Fc1cccnc1N1CC[C@@H](NCc2ccccc2-n2cccn2)C1. The van der Waals surface area contributed by atoms with E-state index in [2.05, 4.69) is 27.5 Å². The van der Waals surface area contributed by atoms with Crippen molar-refractivity contribution in [1.82, 2.24) is 20.1 Å². The lowest BCUT2D eigenvalue weighted by Gasteiger charge is -2.19. The molecule has 1 aromatic carbocycles. The molecule has 0 saturated carbocycles. The predicted molar refractivity (Wildman–Crippen MR) is 95.2 cm³/mol. The van der Waals surface area contributed by atoms with Crippen LogP contribution in [0.15, 0.2) is 61.1 Å². The number of halogens is 1. The van der Waals surface area contributed by atoms with Gasteiger partial charge in [-0.2, -0.15) is 5.10 Å². The van der Waals surface area contributed by atoms with Crippen LogP contribution < -0.4 is 10.2 Å². The van der Waals surface area contributed by atoms with Gasteiger partial charge in [-0.25, -0.2) is 14.1 Å². The van der Waals surface area contributed by atoms with Crippen LogP contribution in [0.3, 0.4) is 0 Å². The van der Waals surface area contributed by atoms with Gasteiger partial charge in [-0.1, -0.05) is 18.2 Å². The highest BCUT2D eigenvalue weighted by Crippen LogP contribution is 2.21. The van der Waals surface area contributed by atoms with Crippen LogP contribution in [-0.4, -0.2) is 33.9 Å². The molecule has 0 spiro atoms. The van der Waals surface area contributed by atoms with Gasteiger partial charge in [0.2, 0.25) is 0 Å². The smallest absolute Gasteiger partial charge is 0.165 e. The number of para-hydroxylation sites is 1. The van der Waals surface area contributed by atoms with Crippen LogP contribution in [0.5, 0.6) is 0 Å². The number of nitrogens with one attached hydrogen (secondary N) is 1. The van der Waals surface area contributed by atoms with Gasteiger partial charge in [-0.15, -0.1) is 0 Å². The van der Waals surface area contributed by atoms with Crippen molar-refractivity contribution in [3.8, 4) is 5.69 Å².